The van der Waals surface area contributed by atoms with Gasteiger partial charge < -0.3 is 5.32 Å². The monoisotopic (exact) mass is 192 g/mol. The molecule has 1 N–H and O–H groups in total. The maximum absolute atomic E-state index is 3.37. The van der Waals surface area contributed by atoms with Crippen molar-refractivity contribution < 1.29 is 0 Å². The van der Waals surface area contributed by atoms with E-state index in [1.807, 2.05) is 0 Å². The van der Waals surface area contributed by atoms with Crippen molar-refractivity contribution >= 4 is 12.4 Å². The van der Waals surface area contributed by atoms with Crippen molar-refractivity contribution in [1.82, 2.24) is 10.2 Å². The SMILES string of the molecule is CCCC(C)N1CCNCC1.Cl. The van der Waals surface area contributed by atoms with Crippen LogP contribution in [-0.4, -0.2) is 37.1 Å². The lowest BCUT2D eigenvalue weighted by molar-refractivity contribution is 0.176. The van der Waals surface area contributed by atoms with Gasteiger partial charge in [-0.25, -0.2) is 0 Å². The predicted molar refractivity (Wildman–Crippen MR) is 56.1 cm³/mol. The highest BCUT2D eigenvalue weighted by atomic mass is 35.5. The minimum Gasteiger partial charge on any atom is -0.314 e. The Balaban J connectivity index is 0.00000121. The second-order valence-corrected chi connectivity index (χ2v) is 3.42. The highest BCUT2D eigenvalue weighted by Gasteiger charge is 2.14. The molecule has 1 heterocycles. The number of nitrogens with one attached hydrogen (secondary N) is 1. The van der Waals surface area contributed by atoms with Crippen LogP contribution in [0.4, 0.5) is 0 Å². The molecule has 0 aliphatic carbocycles. The van der Waals surface area contributed by atoms with Crippen molar-refractivity contribution in [3.63, 3.8) is 0 Å². The van der Waals surface area contributed by atoms with Crippen molar-refractivity contribution in [1.29, 1.82) is 0 Å². The molecule has 74 valence electrons. The fourth-order valence-corrected chi connectivity index (χ4v) is 1.72. The number of piperazine rings is 1. The Kier molecular flexibility index (Phi) is 6.81. The Morgan fingerprint density at radius 2 is 1.92 bits per heavy atom. The normalized spacial score (nSPS) is 21.5. The van der Waals surface area contributed by atoms with Gasteiger partial charge in [0.25, 0.3) is 0 Å². The summed E-state index contributed by atoms with van der Waals surface area (Å²) in [5.41, 5.74) is 0. The van der Waals surface area contributed by atoms with Crippen LogP contribution in [0.3, 0.4) is 0 Å². The Morgan fingerprint density at radius 1 is 1.33 bits per heavy atom. The third kappa shape index (κ3) is 3.74. The molecule has 0 saturated carbocycles. The molecule has 0 radical (unpaired) electrons. The Labute approximate surface area is 82.1 Å². The lowest BCUT2D eigenvalue weighted by Crippen LogP contribution is -2.47. The largest absolute Gasteiger partial charge is 0.314 e. The summed E-state index contributed by atoms with van der Waals surface area (Å²) < 4.78 is 0. The molecule has 1 rings (SSSR count). The third-order valence-electron chi connectivity index (χ3n) is 2.48. The van der Waals surface area contributed by atoms with Crippen LogP contribution < -0.4 is 5.32 Å². The summed E-state index contributed by atoms with van der Waals surface area (Å²) in [6.07, 6.45) is 2.66. The first-order valence-corrected chi connectivity index (χ1v) is 4.79. The molecule has 0 amide bonds. The van der Waals surface area contributed by atoms with Gasteiger partial charge in [-0.2, -0.15) is 0 Å². The summed E-state index contributed by atoms with van der Waals surface area (Å²) >= 11 is 0. The first-order chi connectivity index (χ1) is 5.34. The topological polar surface area (TPSA) is 15.3 Å². The molecule has 0 aromatic carbocycles. The van der Waals surface area contributed by atoms with E-state index in [0.717, 1.165) is 6.04 Å². The second kappa shape index (κ2) is 6.70. The molecular formula is C9H21ClN2. The summed E-state index contributed by atoms with van der Waals surface area (Å²) in [6, 6.07) is 0.794. The number of hydrogen-bond donors (Lipinski definition) is 1. The van der Waals surface area contributed by atoms with Gasteiger partial charge in [0.15, 0.2) is 0 Å². The average Bonchev–Trinajstić information content (AvgIpc) is 2.07. The smallest absolute Gasteiger partial charge is 0.0110 e. The van der Waals surface area contributed by atoms with Crippen LogP contribution in [0.25, 0.3) is 0 Å². The maximum atomic E-state index is 3.37. The van der Waals surface area contributed by atoms with Gasteiger partial charge in [-0.3, -0.25) is 4.90 Å². The zero-order valence-corrected chi connectivity index (χ0v) is 8.99. The Bertz CT molecular complexity index is 103. The maximum Gasteiger partial charge on any atom is 0.0110 e. The summed E-state index contributed by atoms with van der Waals surface area (Å²) in [6.45, 7) is 9.43. The number of hydrogen-bond acceptors (Lipinski definition) is 2. The molecule has 2 nitrogen and oxygen atoms in total. The number of nitrogens with zero attached hydrogens (tertiary/aromatic N) is 1. The van der Waals surface area contributed by atoms with Crippen LogP contribution in [0.15, 0.2) is 0 Å². The number of halogens is 1. The van der Waals surface area contributed by atoms with Crippen molar-refractivity contribution in [2.24, 2.45) is 0 Å². The zero-order chi connectivity index (χ0) is 8.10. The van der Waals surface area contributed by atoms with Crippen LogP contribution in [-0.2, 0) is 0 Å². The van der Waals surface area contributed by atoms with E-state index in [0.29, 0.717) is 0 Å². The van der Waals surface area contributed by atoms with Crippen molar-refractivity contribution in [3.8, 4) is 0 Å². The van der Waals surface area contributed by atoms with Gasteiger partial charge in [-0.1, -0.05) is 13.3 Å². The minimum absolute atomic E-state index is 0. The first kappa shape index (κ1) is 12.2. The third-order valence-corrected chi connectivity index (χ3v) is 2.48. The van der Waals surface area contributed by atoms with Crippen molar-refractivity contribution in [2.45, 2.75) is 32.7 Å². The van der Waals surface area contributed by atoms with E-state index in [9.17, 15) is 0 Å². The predicted octanol–water partition coefficient (Wildman–Crippen LogP) is 1.50. The average molecular weight is 193 g/mol. The van der Waals surface area contributed by atoms with Crippen molar-refractivity contribution in [2.75, 3.05) is 26.2 Å². The quantitative estimate of drug-likeness (QED) is 0.730. The molecule has 3 heteroatoms. The first-order valence-electron chi connectivity index (χ1n) is 4.79. The van der Waals surface area contributed by atoms with Gasteiger partial charge >= 0.3 is 0 Å². The molecule has 0 aromatic heterocycles. The molecule has 1 unspecified atom stereocenters. The van der Waals surface area contributed by atoms with E-state index in [4.69, 9.17) is 0 Å². The molecule has 12 heavy (non-hydrogen) atoms. The highest BCUT2D eigenvalue weighted by Crippen LogP contribution is 2.06. The highest BCUT2D eigenvalue weighted by molar-refractivity contribution is 5.85. The molecule has 0 aromatic rings. The van der Waals surface area contributed by atoms with Crippen LogP contribution in [0.1, 0.15) is 26.7 Å². The van der Waals surface area contributed by atoms with Crippen LogP contribution in [0.5, 0.6) is 0 Å². The Hall–Kier alpha value is 0.210. The van der Waals surface area contributed by atoms with E-state index >= 15 is 0 Å². The molecule has 1 aliphatic heterocycles. The molecule has 1 saturated heterocycles. The van der Waals surface area contributed by atoms with Crippen LogP contribution in [0.2, 0.25) is 0 Å². The van der Waals surface area contributed by atoms with Gasteiger partial charge in [0.2, 0.25) is 0 Å². The van der Waals surface area contributed by atoms with Gasteiger partial charge in [0.05, 0.1) is 0 Å². The van der Waals surface area contributed by atoms with Gasteiger partial charge in [-0.15, -0.1) is 12.4 Å². The van der Waals surface area contributed by atoms with Gasteiger partial charge in [0.1, 0.15) is 0 Å². The summed E-state index contributed by atoms with van der Waals surface area (Å²) in [7, 11) is 0. The van der Waals surface area contributed by atoms with E-state index in [1.165, 1.54) is 39.0 Å². The fourth-order valence-electron chi connectivity index (χ4n) is 1.72. The molecule has 0 spiro atoms. The lowest BCUT2D eigenvalue weighted by Gasteiger charge is -2.32. The van der Waals surface area contributed by atoms with Gasteiger partial charge in [0, 0.05) is 32.2 Å². The van der Waals surface area contributed by atoms with E-state index in [2.05, 4.69) is 24.1 Å². The minimum atomic E-state index is 0. The lowest BCUT2D eigenvalue weighted by atomic mass is 10.1. The summed E-state index contributed by atoms with van der Waals surface area (Å²) in [4.78, 5) is 2.58. The second-order valence-electron chi connectivity index (χ2n) is 3.42. The molecule has 1 fully saturated rings. The van der Waals surface area contributed by atoms with Crippen LogP contribution in [0, 0.1) is 0 Å². The zero-order valence-electron chi connectivity index (χ0n) is 8.18. The molecule has 0 bridgehead atoms. The number of rotatable bonds is 3. The van der Waals surface area contributed by atoms with E-state index in [-0.39, 0.29) is 12.4 Å². The van der Waals surface area contributed by atoms with Crippen molar-refractivity contribution in [3.05, 3.63) is 0 Å². The molecular weight excluding hydrogens is 172 g/mol. The van der Waals surface area contributed by atoms with E-state index in [1.54, 1.807) is 0 Å². The van der Waals surface area contributed by atoms with Crippen LogP contribution >= 0.6 is 12.4 Å². The van der Waals surface area contributed by atoms with E-state index < -0.39 is 0 Å². The molecule has 1 atom stereocenters. The Morgan fingerprint density at radius 3 is 2.42 bits per heavy atom. The molecule has 1 aliphatic rings. The fraction of sp³-hybridized carbons (Fsp3) is 1.00. The van der Waals surface area contributed by atoms with Gasteiger partial charge in [-0.05, 0) is 13.3 Å². The summed E-state index contributed by atoms with van der Waals surface area (Å²) in [5.74, 6) is 0. The summed E-state index contributed by atoms with van der Waals surface area (Å²) in [5, 5.41) is 3.37. The standard InChI is InChI=1S/C9H20N2.ClH/c1-3-4-9(2)11-7-5-10-6-8-11;/h9-10H,3-8H2,1-2H3;1H.